The van der Waals surface area contributed by atoms with Crippen molar-refractivity contribution in [2.45, 2.75) is 12.7 Å². The Hall–Kier alpha value is -4.68. The number of ether oxygens (including phenoxy) is 1. The smallest absolute Gasteiger partial charge is 0.287 e. The van der Waals surface area contributed by atoms with Gasteiger partial charge in [-0.3, -0.25) is 19.7 Å². The molecule has 1 unspecified atom stereocenters. The van der Waals surface area contributed by atoms with E-state index in [0.717, 1.165) is 0 Å². The number of piperazine rings is 1. The summed E-state index contributed by atoms with van der Waals surface area (Å²) in [4.78, 5) is 31.5. The van der Waals surface area contributed by atoms with Crippen molar-refractivity contribution < 1.29 is 31.9 Å². The zero-order valence-corrected chi connectivity index (χ0v) is 20.5. The van der Waals surface area contributed by atoms with Gasteiger partial charge < -0.3 is 19.9 Å². The zero-order chi connectivity index (χ0) is 27.7. The van der Waals surface area contributed by atoms with Gasteiger partial charge in [-0.2, -0.15) is 5.10 Å². The van der Waals surface area contributed by atoms with Crippen molar-refractivity contribution in [1.82, 2.24) is 20.1 Å². The van der Waals surface area contributed by atoms with Gasteiger partial charge in [-0.1, -0.05) is 6.07 Å². The Labute approximate surface area is 219 Å². The van der Waals surface area contributed by atoms with Crippen LogP contribution in [0.4, 0.5) is 29.1 Å². The second kappa shape index (κ2) is 10.6. The van der Waals surface area contributed by atoms with Crippen molar-refractivity contribution in [2.75, 3.05) is 37.0 Å². The number of H-pyrrole nitrogens is 1. The standard InChI is InChI=1S/C26H22F4N6O3/c1-39-20-4-2-3-17(27)22(20)18-11-16-19(12-31-18)33-34-25(16)32-26(38)14-5-7-15(8-6-14)35-9-10-36(21(37)13-35)24(30)23(28)29/h2-8,11-12,23-24H,9-10,13H2,1H3,(H2,32,33,34,38). The fraction of sp³-hybridized carbons (Fsp3) is 0.231. The molecule has 4 aromatic rings. The number of hydrogen-bond donors (Lipinski definition) is 2. The van der Waals surface area contributed by atoms with Crippen LogP contribution in [0.5, 0.6) is 5.75 Å². The monoisotopic (exact) mass is 542 g/mol. The largest absolute Gasteiger partial charge is 0.496 e. The molecule has 1 fully saturated rings. The van der Waals surface area contributed by atoms with Crippen LogP contribution in [0.25, 0.3) is 22.2 Å². The molecule has 202 valence electrons. The minimum atomic E-state index is -3.27. The van der Waals surface area contributed by atoms with Crippen molar-refractivity contribution in [3.63, 3.8) is 0 Å². The van der Waals surface area contributed by atoms with Crippen LogP contribution in [0, 0.1) is 5.82 Å². The van der Waals surface area contributed by atoms with E-state index in [2.05, 4.69) is 20.5 Å². The third-order valence-corrected chi connectivity index (χ3v) is 6.39. The fourth-order valence-corrected chi connectivity index (χ4v) is 4.38. The zero-order valence-electron chi connectivity index (χ0n) is 20.5. The highest BCUT2D eigenvalue weighted by molar-refractivity contribution is 6.08. The molecule has 1 saturated heterocycles. The first-order valence-corrected chi connectivity index (χ1v) is 11.8. The highest BCUT2D eigenvalue weighted by atomic mass is 19.3. The van der Waals surface area contributed by atoms with E-state index in [4.69, 9.17) is 4.74 Å². The molecule has 2 N–H and O–H groups in total. The fourth-order valence-electron chi connectivity index (χ4n) is 4.38. The number of aromatic nitrogens is 3. The van der Waals surface area contributed by atoms with Gasteiger partial charge in [0.25, 0.3) is 12.3 Å². The van der Waals surface area contributed by atoms with Gasteiger partial charge >= 0.3 is 0 Å². The van der Waals surface area contributed by atoms with Crippen LogP contribution < -0.4 is 15.0 Å². The van der Waals surface area contributed by atoms with E-state index in [9.17, 15) is 27.2 Å². The lowest BCUT2D eigenvalue weighted by Crippen LogP contribution is -2.54. The number of amides is 2. The molecule has 1 aliphatic rings. The van der Waals surface area contributed by atoms with Gasteiger partial charge in [0.1, 0.15) is 11.6 Å². The first kappa shape index (κ1) is 25.9. The number of carbonyl (C=O) groups is 2. The molecular formula is C26H22F4N6O3. The van der Waals surface area contributed by atoms with E-state index < -0.39 is 30.4 Å². The summed E-state index contributed by atoms with van der Waals surface area (Å²) in [5.74, 6) is -1.23. The first-order chi connectivity index (χ1) is 18.8. The van der Waals surface area contributed by atoms with Gasteiger partial charge in [0, 0.05) is 29.7 Å². The Morgan fingerprint density at radius 1 is 1.13 bits per heavy atom. The summed E-state index contributed by atoms with van der Waals surface area (Å²) in [5.41, 5.74) is 1.84. The first-order valence-electron chi connectivity index (χ1n) is 11.8. The molecule has 0 aliphatic carbocycles. The summed E-state index contributed by atoms with van der Waals surface area (Å²) < 4.78 is 58.7. The second-order valence-corrected chi connectivity index (χ2v) is 8.72. The third kappa shape index (κ3) is 5.07. The van der Waals surface area contributed by atoms with Gasteiger partial charge in [-0.05, 0) is 42.5 Å². The molecule has 39 heavy (non-hydrogen) atoms. The lowest BCUT2D eigenvalue weighted by Gasteiger charge is -2.36. The van der Waals surface area contributed by atoms with Crippen LogP contribution in [0.15, 0.2) is 54.7 Å². The molecule has 1 atom stereocenters. The quantitative estimate of drug-likeness (QED) is 0.268. The van der Waals surface area contributed by atoms with E-state index in [1.54, 1.807) is 29.2 Å². The molecule has 2 amide bonds. The van der Waals surface area contributed by atoms with Crippen LogP contribution in [0.3, 0.4) is 0 Å². The average molecular weight is 542 g/mol. The molecule has 2 aromatic heterocycles. The second-order valence-electron chi connectivity index (χ2n) is 8.72. The number of nitrogens with one attached hydrogen (secondary N) is 2. The summed E-state index contributed by atoms with van der Waals surface area (Å²) >= 11 is 0. The van der Waals surface area contributed by atoms with Crippen molar-refractivity contribution in [3.8, 4) is 17.0 Å². The summed E-state index contributed by atoms with van der Waals surface area (Å²) in [6, 6.07) is 12.3. The van der Waals surface area contributed by atoms with E-state index in [1.165, 1.54) is 37.6 Å². The van der Waals surface area contributed by atoms with Crippen molar-refractivity contribution in [1.29, 1.82) is 0 Å². The number of benzene rings is 2. The number of hydrogen-bond acceptors (Lipinski definition) is 6. The lowest BCUT2D eigenvalue weighted by molar-refractivity contribution is -0.144. The van der Waals surface area contributed by atoms with E-state index >= 15 is 0 Å². The molecule has 0 spiro atoms. The third-order valence-electron chi connectivity index (χ3n) is 6.39. The Balaban J connectivity index is 1.31. The summed E-state index contributed by atoms with van der Waals surface area (Å²) in [5, 5.41) is 10.1. The van der Waals surface area contributed by atoms with Crippen LogP contribution in [-0.4, -0.2) is 71.4 Å². The number of pyridine rings is 1. The van der Waals surface area contributed by atoms with Gasteiger partial charge in [0.05, 0.1) is 36.6 Å². The number of anilines is 2. The lowest BCUT2D eigenvalue weighted by atomic mass is 10.1. The van der Waals surface area contributed by atoms with Gasteiger partial charge in [-0.15, -0.1) is 0 Å². The minimum Gasteiger partial charge on any atom is -0.496 e. The number of methoxy groups -OCH3 is 1. The molecule has 1 aliphatic heterocycles. The highest BCUT2D eigenvalue weighted by Crippen LogP contribution is 2.33. The molecule has 0 bridgehead atoms. The topological polar surface area (TPSA) is 103 Å². The van der Waals surface area contributed by atoms with Crippen LogP contribution >= 0.6 is 0 Å². The Bertz CT molecular complexity index is 1530. The summed E-state index contributed by atoms with van der Waals surface area (Å²) in [6.45, 7) is -0.289. The SMILES string of the molecule is COc1cccc(F)c1-c1cc2c(NC(=O)c3ccc(N4CCN(C(F)C(F)F)C(=O)C4)cc3)n[nH]c2cn1. The Morgan fingerprint density at radius 2 is 1.90 bits per heavy atom. The number of carbonyl (C=O) groups excluding carboxylic acids is 2. The summed E-state index contributed by atoms with van der Waals surface area (Å²) in [6.07, 6.45) is -4.43. The molecule has 2 aromatic carbocycles. The number of alkyl halides is 3. The van der Waals surface area contributed by atoms with E-state index in [1.807, 2.05) is 0 Å². The maximum absolute atomic E-state index is 14.6. The number of aromatic amines is 1. The predicted molar refractivity (Wildman–Crippen MR) is 135 cm³/mol. The Kier molecular flexibility index (Phi) is 7.05. The van der Waals surface area contributed by atoms with Crippen LogP contribution in [-0.2, 0) is 4.79 Å². The number of halogens is 4. The van der Waals surface area contributed by atoms with Gasteiger partial charge in [0.15, 0.2) is 5.82 Å². The van der Waals surface area contributed by atoms with Gasteiger partial charge in [0.2, 0.25) is 12.2 Å². The molecule has 3 heterocycles. The van der Waals surface area contributed by atoms with Crippen molar-refractivity contribution >= 4 is 34.2 Å². The molecule has 0 radical (unpaired) electrons. The van der Waals surface area contributed by atoms with Crippen LogP contribution in [0.2, 0.25) is 0 Å². The molecule has 5 rings (SSSR count). The highest BCUT2D eigenvalue weighted by Gasteiger charge is 2.34. The molecule has 13 heteroatoms. The number of rotatable bonds is 7. The summed E-state index contributed by atoms with van der Waals surface area (Å²) in [7, 11) is 1.43. The maximum Gasteiger partial charge on any atom is 0.287 e. The molecular weight excluding hydrogens is 520 g/mol. The number of fused-ring (bicyclic) bond motifs is 1. The van der Waals surface area contributed by atoms with Crippen molar-refractivity contribution in [3.05, 3.63) is 66.1 Å². The minimum absolute atomic E-state index is 0.160. The number of nitrogens with zero attached hydrogens (tertiary/aromatic N) is 4. The maximum atomic E-state index is 14.6. The van der Waals surface area contributed by atoms with E-state index in [-0.39, 0.29) is 36.6 Å². The molecule has 0 saturated carbocycles. The average Bonchev–Trinajstić information content (AvgIpc) is 3.34. The Morgan fingerprint density at radius 3 is 2.59 bits per heavy atom. The normalized spacial score (nSPS) is 14.7. The van der Waals surface area contributed by atoms with E-state index in [0.29, 0.717) is 32.9 Å². The van der Waals surface area contributed by atoms with Crippen LogP contribution in [0.1, 0.15) is 10.4 Å². The van der Waals surface area contributed by atoms with Gasteiger partial charge in [-0.25, -0.2) is 17.6 Å². The van der Waals surface area contributed by atoms with Crippen molar-refractivity contribution in [2.24, 2.45) is 0 Å². The predicted octanol–water partition coefficient (Wildman–Crippen LogP) is 4.23. The molecule has 9 nitrogen and oxygen atoms in total.